The lowest BCUT2D eigenvalue weighted by atomic mass is 9.90. The van der Waals surface area contributed by atoms with E-state index in [0.29, 0.717) is 5.88 Å². The molecule has 168 valence electrons. The molecule has 0 atom stereocenters. The molecule has 0 unspecified atom stereocenters. The van der Waals surface area contributed by atoms with Gasteiger partial charge in [-0.25, -0.2) is 4.98 Å². The molecule has 1 heterocycles. The highest BCUT2D eigenvalue weighted by molar-refractivity contribution is 6.17. The van der Waals surface area contributed by atoms with Crippen LogP contribution in [-0.2, 0) is 24.3 Å². The average Bonchev–Trinajstić information content (AvgIpc) is 2.82. The second-order valence-electron chi connectivity index (χ2n) is 9.04. The summed E-state index contributed by atoms with van der Waals surface area (Å²) < 4.78 is 0. The van der Waals surface area contributed by atoms with Crippen LogP contribution in [0.1, 0.15) is 53.8 Å². The molecule has 1 aromatic heterocycles. The lowest BCUT2D eigenvalue weighted by Gasteiger charge is -2.21. The Morgan fingerprint density at radius 3 is 2.48 bits per heavy atom. The third-order valence-corrected chi connectivity index (χ3v) is 6.23. The fraction of sp³-hybridized carbons (Fsp3) is 0.233. The Hall–Kier alpha value is -2.94. The van der Waals surface area contributed by atoms with Gasteiger partial charge in [-0.05, 0) is 79.1 Å². The Balaban J connectivity index is 1.42. The van der Waals surface area contributed by atoms with E-state index in [4.69, 9.17) is 16.6 Å². The highest BCUT2D eigenvalue weighted by Crippen LogP contribution is 2.25. The number of alkyl halides is 1. The molecule has 4 aromatic rings. The van der Waals surface area contributed by atoms with Crippen molar-refractivity contribution in [3.8, 4) is 0 Å². The quantitative estimate of drug-likeness (QED) is 0.278. The SMILES string of the molecule is CC(C)(O)c1ccccc1CCCc1cccc(/C=C/c2ccc3ccc(CCl)cc3n2)c1. The van der Waals surface area contributed by atoms with E-state index in [1.54, 1.807) is 0 Å². The Labute approximate surface area is 201 Å². The van der Waals surface area contributed by atoms with Crippen molar-refractivity contribution in [3.63, 3.8) is 0 Å². The van der Waals surface area contributed by atoms with Crippen LogP contribution in [0.2, 0.25) is 0 Å². The van der Waals surface area contributed by atoms with E-state index < -0.39 is 5.60 Å². The van der Waals surface area contributed by atoms with Crippen molar-refractivity contribution in [2.24, 2.45) is 0 Å². The van der Waals surface area contributed by atoms with Crippen LogP contribution in [0.3, 0.4) is 0 Å². The molecule has 0 amide bonds. The molecule has 0 fully saturated rings. The number of aliphatic hydroxyl groups is 1. The van der Waals surface area contributed by atoms with E-state index in [2.05, 4.69) is 60.7 Å². The minimum absolute atomic E-state index is 0.494. The zero-order valence-electron chi connectivity index (χ0n) is 19.3. The van der Waals surface area contributed by atoms with Gasteiger partial charge in [0.05, 0.1) is 16.8 Å². The van der Waals surface area contributed by atoms with Gasteiger partial charge in [-0.2, -0.15) is 0 Å². The summed E-state index contributed by atoms with van der Waals surface area (Å²) in [6.07, 6.45) is 7.16. The second kappa shape index (κ2) is 10.3. The van der Waals surface area contributed by atoms with Gasteiger partial charge >= 0.3 is 0 Å². The molecule has 1 N–H and O–H groups in total. The van der Waals surface area contributed by atoms with Gasteiger partial charge in [-0.1, -0.05) is 72.8 Å². The van der Waals surface area contributed by atoms with E-state index in [9.17, 15) is 5.11 Å². The molecule has 4 rings (SSSR count). The zero-order valence-corrected chi connectivity index (χ0v) is 20.0. The zero-order chi connectivity index (χ0) is 23.3. The summed E-state index contributed by atoms with van der Waals surface area (Å²) in [7, 11) is 0. The Morgan fingerprint density at radius 2 is 1.67 bits per heavy atom. The van der Waals surface area contributed by atoms with Gasteiger partial charge in [0, 0.05) is 11.3 Å². The Kier molecular flexibility index (Phi) is 7.27. The summed E-state index contributed by atoms with van der Waals surface area (Å²) in [5.41, 5.74) is 6.89. The Bertz CT molecular complexity index is 1270. The fourth-order valence-electron chi connectivity index (χ4n) is 4.21. The van der Waals surface area contributed by atoms with Gasteiger partial charge in [0.2, 0.25) is 0 Å². The average molecular weight is 456 g/mol. The summed E-state index contributed by atoms with van der Waals surface area (Å²) in [5, 5.41) is 11.6. The number of halogens is 1. The van der Waals surface area contributed by atoms with Crippen molar-refractivity contribution >= 4 is 34.7 Å². The van der Waals surface area contributed by atoms with Gasteiger partial charge in [-0.15, -0.1) is 11.6 Å². The monoisotopic (exact) mass is 455 g/mol. The molecule has 2 nitrogen and oxygen atoms in total. The van der Waals surface area contributed by atoms with Crippen molar-refractivity contribution < 1.29 is 5.11 Å². The molecule has 0 saturated carbocycles. The number of aromatic nitrogens is 1. The first-order chi connectivity index (χ1) is 15.9. The minimum Gasteiger partial charge on any atom is -0.386 e. The number of hydrogen-bond acceptors (Lipinski definition) is 2. The molecule has 0 spiro atoms. The van der Waals surface area contributed by atoms with Crippen molar-refractivity contribution in [1.29, 1.82) is 0 Å². The maximum Gasteiger partial charge on any atom is 0.0843 e. The van der Waals surface area contributed by atoms with Crippen LogP contribution in [0.5, 0.6) is 0 Å². The minimum atomic E-state index is -0.816. The molecule has 0 aliphatic rings. The molecule has 3 aromatic carbocycles. The van der Waals surface area contributed by atoms with Gasteiger partial charge in [0.1, 0.15) is 0 Å². The first kappa shape index (κ1) is 23.2. The van der Waals surface area contributed by atoms with Crippen LogP contribution in [-0.4, -0.2) is 10.1 Å². The third kappa shape index (κ3) is 6.10. The molecular weight excluding hydrogens is 426 g/mol. The summed E-state index contributed by atoms with van der Waals surface area (Å²) >= 11 is 5.97. The summed E-state index contributed by atoms with van der Waals surface area (Å²) in [6.45, 7) is 3.70. The second-order valence-corrected chi connectivity index (χ2v) is 9.31. The van der Waals surface area contributed by atoms with Crippen LogP contribution >= 0.6 is 11.6 Å². The lowest BCUT2D eigenvalue weighted by Crippen LogP contribution is -2.18. The van der Waals surface area contributed by atoms with Crippen LogP contribution in [0.4, 0.5) is 0 Å². The van der Waals surface area contributed by atoms with Gasteiger partial charge in [-0.3, -0.25) is 0 Å². The van der Waals surface area contributed by atoms with Crippen LogP contribution < -0.4 is 0 Å². The van der Waals surface area contributed by atoms with Crippen molar-refractivity contribution in [2.75, 3.05) is 0 Å². The van der Waals surface area contributed by atoms with E-state index in [0.717, 1.165) is 47.0 Å². The maximum absolute atomic E-state index is 10.4. The van der Waals surface area contributed by atoms with Crippen LogP contribution in [0.15, 0.2) is 78.9 Å². The van der Waals surface area contributed by atoms with Gasteiger partial charge in [0.25, 0.3) is 0 Å². The summed E-state index contributed by atoms with van der Waals surface area (Å²) in [5.74, 6) is 0.494. The number of aryl methyl sites for hydroxylation is 2. The predicted molar refractivity (Wildman–Crippen MR) is 140 cm³/mol. The number of nitrogens with zero attached hydrogens (tertiary/aromatic N) is 1. The van der Waals surface area contributed by atoms with Crippen molar-refractivity contribution in [3.05, 3.63) is 112 Å². The predicted octanol–water partition coefficient (Wildman–Crippen LogP) is 7.55. The largest absolute Gasteiger partial charge is 0.386 e. The molecule has 0 aliphatic heterocycles. The standard InChI is InChI=1S/C30H30ClNO/c1-30(2,33)28-12-4-3-10-25(28)11-6-9-22-7-5-8-23(19-22)14-17-27-18-16-26-15-13-24(21-31)20-29(26)32-27/h3-5,7-8,10,12-20,33H,6,9,11,21H2,1-2H3/b17-14+. The van der Waals surface area contributed by atoms with E-state index in [-0.39, 0.29) is 0 Å². The first-order valence-electron chi connectivity index (χ1n) is 11.5. The van der Waals surface area contributed by atoms with Gasteiger partial charge in [0.15, 0.2) is 0 Å². The molecule has 0 bridgehead atoms. The number of fused-ring (bicyclic) bond motifs is 1. The van der Waals surface area contributed by atoms with Crippen molar-refractivity contribution in [1.82, 2.24) is 4.98 Å². The molecular formula is C30H30ClNO. The third-order valence-electron chi connectivity index (χ3n) is 5.92. The smallest absolute Gasteiger partial charge is 0.0843 e. The topological polar surface area (TPSA) is 33.1 Å². The maximum atomic E-state index is 10.4. The lowest BCUT2D eigenvalue weighted by molar-refractivity contribution is 0.0776. The van der Waals surface area contributed by atoms with Crippen LogP contribution in [0.25, 0.3) is 23.1 Å². The highest BCUT2D eigenvalue weighted by Gasteiger charge is 2.18. The number of benzene rings is 3. The number of hydrogen-bond donors (Lipinski definition) is 1. The summed E-state index contributed by atoms with van der Waals surface area (Å²) in [6, 6.07) is 27.2. The van der Waals surface area contributed by atoms with E-state index in [1.807, 2.05) is 44.2 Å². The number of rotatable bonds is 8. The van der Waals surface area contributed by atoms with E-state index in [1.165, 1.54) is 16.7 Å². The first-order valence-corrected chi connectivity index (χ1v) is 12.0. The van der Waals surface area contributed by atoms with E-state index >= 15 is 0 Å². The summed E-state index contributed by atoms with van der Waals surface area (Å²) in [4.78, 5) is 4.77. The molecule has 3 heteroatoms. The normalized spacial score (nSPS) is 12.0. The highest BCUT2D eigenvalue weighted by atomic mass is 35.5. The molecule has 0 aliphatic carbocycles. The Morgan fingerprint density at radius 1 is 0.848 bits per heavy atom. The molecule has 0 saturated heterocycles. The molecule has 0 radical (unpaired) electrons. The number of pyridine rings is 1. The van der Waals surface area contributed by atoms with Gasteiger partial charge < -0.3 is 5.11 Å². The fourth-order valence-corrected chi connectivity index (χ4v) is 4.37. The van der Waals surface area contributed by atoms with Crippen LogP contribution in [0, 0.1) is 0 Å². The van der Waals surface area contributed by atoms with Crippen molar-refractivity contribution in [2.45, 2.75) is 44.6 Å². The molecule has 33 heavy (non-hydrogen) atoms.